The molecule has 0 aromatic heterocycles. The van der Waals surface area contributed by atoms with Gasteiger partial charge in [-0.2, -0.15) is 0 Å². The molecule has 1 aromatic carbocycles. The monoisotopic (exact) mass is 308 g/mol. The van der Waals surface area contributed by atoms with Gasteiger partial charge in [0.1, 0.15) is 12.6 Å². The van der Waals surface area contributed by atoms with Crippen LogP contribution in [-0.2, 0) is 4.74 Å². The van der Waals surface area contributed by atoms with E-state index in [4.69, 9.17) is 9.73 Å². The van der Waals surface area contributed by atoms with Crippen LogP contribution in [-0.4, -0.2) is 25.6 Å². The molecular weight excluding hydrogens is 292 g/mol. The molecule has 18 heavy (non-hydrogen) atoms. The fourth-order valence-electron chi connectivity index (χ4n) is 2.54. The molecule has 3 nitrogen and oxygen atoms in total. The lowest BCUT2D eigenvalue weighted by Crippen LogP contribution is -2.31. The molecule has 0 saturated carbocycles. The Bertz CT molecular complexity index is 438. The summed E-state index contributed by atoms with van der Waals surface area (Å²) >= 11 is 3.45. The highest BCUT2D eigenvalue weighted by molar-refractivity contribution is 9.10. The number of benzene rings is 1. The van der Waals surface area contributed by atoms with Crippen LogP contribution < -0.4 is 5.32 Å². The molecule has 0 amide bonds. The first-order chi connectivity index (χ1) is 8.83. The van der Waals surface area contributed by atoms with Crippen LogP contribution in [0.4, 0.5) is 0 Å². The van der Waals surface area contributed by atoms with Crippen LogP contribution in [0, 0.1) is 5.92 Å². The van der Waals surface area contributed by atoms with Crippen molar-refractivity contribution in [1.82, 2.24) is 5.32 Å². The molecule has 0 aliphatic carbocycles. The largest absolute Gasteiger partial charge is 0.478 e. The molecule has 1 saturated heterocycles. The van der Waals surface area contributed by atoms with Crippen LogP contribution in [0.3, 0.4) is 0 Å². The highest BCUT2D eigenvalue weighted by Gasteiger charge is 2.27. The Labute approximate surface area is 116 Å². The SMILES string of the molecule is Brc1ccc(C2COC(C3CCNCC3)=N2)cc1. The molecule has 1 N–H and O–H groups in total. The normalized spacial score (nSPS) is 24.7. The number of ether oxygens (including phenoxy) is 1. The minimum Gasteiger partial charge on any atom is -0.478 e. The molecule has 1 fully saturated rings. The zero-order chi connectivity index (χ0) is 12.4. The first-order valence-corrected chi connectivity index (χ1v) is 7.29. The maximum Gasteiger partial charge on any atom is 0.187 e. The van der Waals surface area contributed by atoms with Crippen molar-refractivity contribution in [2.24, 2.45) is 10.9 Å². The number of piperidine rings is 1. The third kappa shape index (κ3) is 2.59. The average molecular weight is 309 g/mol. The first kappa shape index (κ1) is 12.2. The van der Waals surface area contributed by atoms with Gasteiger partial charge in [-0.3, -0.25) is 0 Å². The molecule has 0 spiro atoms. The van der Waals surface area contributed by atoms with Crippen molar-refractivity contribution in [1.29, 1.82) is 0 Å². The van der Waals surface area contributed by atoms with Gasteiger partial charge in [-0.15, -0.1) is 0 Å². The van der Waals surface area contributed by atoms with E-state index >= 15 is 0 Å². The summed E-state index contributed by atoms with van der Waals surface area (Å²) in [6.45, 7) is 2.85. The van der Waals surface area contributed by atoms with E-state index in [9.17, 15) is 0 Å². The minimum atomic E-state index is 0.183. The van der Waals surface area contributed by atoms with E-state index in [1.165, 1.54) is 5.56 Å². The maximum atomic E-state index is 5.80. The molecular formula is C14H17BrN2O. The lowest BCUT2D eigenvalue weighted by atomic mass is 9.98. The summed E-state index contributed by atoms with van der Waals surface area (Å²) in [4.78, 5) is 4.76. The van der Waals surface area contributed by atoms with Gasteiger partial charge in [0.05, 0.1) is 0 Å². The Hall–Kier alpha value is -0.870. The number of nitrogens with one attached hydrogen (secondary N) is 1. The van der Waals surface area contributed by atoms with Crippen molar-refractivity contribution in [3.05, 3.63) is 34.3 Å². The van der Waals surface area contributed by atoms with Gasteiger partial charge in [0.2, 0.25) is 0 Å². The van der Waals surface area contributed by atoms with Gasteiger partial charge in [0, 0.05) is 10.4 Å². The fourth-order valence-corrected chi connectivity index (χ4v) is 2.80. The molecule has 2 aliphatic heterocycles. The zero-order valence-corrected chi connectivity index (χ0v) is 11.8. The van der Waals surface area contributed by atoms with Crippen molar-refractivity contribution in [3.8, 4) is 0 Å². The third-order valence-electron chi connectivity index (χ3n) is 3.62. The second-order valence-electron chi connectivity index (χ2n) is 4.87. The van der Waals surface area contributed by atoms with E-state index in [-0.39, 0.29) is 6.04 Å². The molecule has 3 rings (SSSR count). The smallest absolute Gasteiger partial charge is 0.187 e. The summed E-state index contributed by atoms with van der Waals surface area (Å²) < 4.78 is 6.90. The van der Waals surface area contributed by atoms with Gasteiger partial charge >= 0.3 is 0 Å². The van der Waals surface area contributed by atoms with E-state index in [2.05, 4.69) is 45.5 Å². The summed E-state index contributed by atoms with van der Waals surface area (Å²) in [5, 5.41) is 3.37. The van der Waals surface area contributed by atoms with Crippen molar-refractivity contribution in [2.75, 3.05) is 19.7 Å². The lowest BCUT2D eigenvalue weighted by molar-refractivity contribution is 0.285. The average Bonchev–Trinajstić information content (AvgIpc) is 2.90. The molecule has 2 aliphatic rings. The maximum absolute atomic E-state index is 5.80. The standard InChI is InChI=1S/C14H17BrN2O/c15-12-3-1-10(2-4-12)13-9-18-14(17-13)11-5-7-16-8-6-11/h1-4,11,13,16H,5-9H2. The number of rotatable bonds is 2. The molecule has 1 atom stereocenters. The van der Waals surface area contributed by atoms with Crippen LogP contribution in [0.1, 0.15) is 24.4 Å². The van der Waals surface area contributed by atoms with Gasteiger partial charge in [0.15, 0.2) is 5.90 Å². The summed E-state index contributed by atoms with van der Waals surface area (Å²) in [6.07, 6.45) is 2.29. The molecule has 1 unspecified atom stereocenters. The predicted molar refractivity (Wildman–Crippen MR) is 75.9 cm³/mol. The quantitative estimate of drug-likeness (QED) is 0.911. The molecule has 0 radical (unpaired) electrons. The Morgan fingerprint density at radius 3 is 2.61 bits per heavy atom. The summed E-state index contributed by atoms with van der Waals surface area (Å²) in [5.41, 5.74) is 1.24. The first-order valence-electron chi connectivity index (χ1n) is 6.49. The molecule has 1 aromatic rings. The molecule has 4 heteroatoms. The van der Waals surface area contributed by atoms with Crippen LogP contribution in [0.2, 0.25) is 0 Å². The van der Waals surface area contributed by atoms with Gasteiger partial charge in [-0.1, -0.05) is 28.1 Å². The van der Waals surface area contributed by atoms with Crippen LogP contribution >= 0.6 is 15.9 Å². The third-order valence-corrected chi connectivity index (χ3v) is 4.14. The van der Waals surface area contributed by atoms with Crippen molar-refractivity contribution in [2.45, 2.75) is 18.9 Å². The highest BCUT2D eigenvalue weighted by atomic mass is 79.9. The van der Waals surface area contributed by atoms with E-state index in [0.717, 1.165) is 36.3 Å². The Balaban J connectivity index is 1.72. The van der Waals surface area contributed by atoms with Gasteiger partial charge in [0.25, 0.3) is 0 Å². The number of halogens is 1. The topological polar surface area (TPSA) is 33.6 Å². The second kappa shape index (κ2) is 5.41. The van der Waals surface area contributed by atoms with Crippen LogP contribution in [0.15, 0.2) is 33.7 Å². The van der Waals surface area contributed by atoms with Gasteiger partial charge < -0.3 is 10.1 Å². The van der Waals surface area contributed by atoms with E-state index in [1.54, 1.807) is 0 Å². The molecule has 96 valence electrons. The molecule has 2 heterocycles. The van der Waals surface area contributed by atoms with E-state index in [0.29, 0.717) is 12.5 Å². The number of hydrogen-bond donors (Lipinski definition) is 1. The Morgan fingerprint density at radius 2 is 1.89 bits per heavy atom. The van der Waals surface area contributed by atoms with Crippen LogP contribution in [0.25, 0.3) is 0 Å². The van der Waals surface area contributed by atoms with E-state index in [1.807, 2.05) is 0 Å². The minimum absolute atomic E-state index is 0.183. The predicted octanol–water partition coefficient (Wildman–Crippen LogP) is 2.92. The van der Waals surface area contributed by atoms with Gasteiger partial charge in [-0.05, 0) is 43.6 Å². The Morgan fingerprint density at radius 1 is 1.17 bits per heavy atom. The van der Waals surface area contributed by atoms with Gasteiger partial charge in [-0.25, -0.2) is 4.99 Å². The Kier molecular flexibility index (Phi) is 3.66. The van der Waals surface area contributed by atoms with Crippen LogP contribution in [0.5, 0.6) is 0 Å². The number of nitrogens with zero attached hydrogens (tertiary/aromatic N) is 1. The van der Waals surface area contributed by atoms with Crippen molar-refractivity contribution in [3.63, 3.8) is 0 Å². The summed E-state index contributed by atoms with van der Waals surface area (Å²) in [5.74, 6) is 1.50. The van der Waals surface area contributed by atoms with E-state index < -0.39 is 0 Å². The fraction of sp³-hybridized carbons (Fsp3) is 0.500. The van der Waals surface area contributed by atoms with Crippen molar-refractivity contribution >= 4 is 21.8 Å². The zero-order valence-electron chi connectivity index (χ0n) is 10.2. The molecule has 0 bridgehead atoms. The number of hydrogen-bond acceptors (Lipinski definition) is 3. The highest BCUT2D eigenvalue weighted by Crippen LogP contribution is 2.28. The number of aliphatic imine (C=N–C) groups is 1. The summed E-state index contributed by atoms with van der Waals surface area (Å²) in [7, 11) is 0. The summed E-state index contributed by atoms with van der Waals surface area (Å²) in [6, 6.07) is 8.55. The second-order valence-corrected chi connectivity index (χ2v) is 5.79. The van der Waals surface area contributed by atoms with Crippen molar-refractivity contribution < 1.29 is 4.74 Å². The lowest BCUT2D eigenvalue weighted by Gasteiger charge is -2.21.